The maximum atomic E-state index is 11.9. The molecule has 2 aromatic carbocycles. The molecule has 0 heterocycles. The number of nitrogens with zero attached hydrogens (tertiary/aromatic N) is 1. The quantitative estimate of drug-likeness (QED) is 0.310. The molecule has 1 unspecified atom stereocenters. The lowest BCUT2D eigenvalue weighted by Gasteiger charge is -2.15. The van der Waals surface area contributed by atoms with Gasteiger partial charge in [-0.05, 0) is 24.5 Å². The Kier molecular flexibility index (Phi) is 10.3. The minimum Gasteiger partial charge on any atom is -0.374 e. The highest BCUT2D eigenvalue weighted by molar-refractivity contribution is 5.81. The Hall–Kier alpha value is -2.86. The van der Waals surface area contributed by atoms with Gasteiger partial charge in [0.05, 0.1) is 6.10 Å². The van der Waals surface area contributed by atoms with E-state index in [-0.39, 0.29) is 12.0 Å². The van der Waals surface area contributed by atoms with Crippen molar-refractivity contribution >= 4 is 11.9 Å². The van der Waals surface area contributed by atoms with Crippen molar-refractivity contribution in [2.75, 3.05) is 26.7 Å². The zero-order valence-electron chi connectivity index (χ0n) is 17.4. The van der Waals surface area contributed by atoms with Crippen LogP contribution in [0.4, 0.5) is 0 Å². The molecule has 0 aliphatic heterocycles. The molecule has 0 saturated carbocycles. The second kappa shape index (κ2) is 13.3. The van der Waals surface area contributed by atoms with Crippen molar-refractivity contribution < 1.29 is 9.53 Å². The summed E-state index contributed by atoms with van der Waals surface area (Å²) in [5.74, 6) is 0.706. The fraction of sp³-hybridized carbons (Fsp3) is 0.391. The van der Waals surface area contributed by atoms with Crippen LogP contribution >= 0.6 is 0 Å². The largest absolute Gasteiger partial charge is 0.374 e. The van der Waals surface area contributed by atoms with Gasteiger partial charge in [0.1, 0.15) is 0 Å². The van der Waals surface area contributed by atoms with Gasteiger partial charge in [-0.1, -0.05) is 60.7 Å². The molecule has 0 saturated heterocycles. The van der Waals surface area contributed by atoms with E-state index in [2.05, 4.69) is 40.0 Å². The summed E-state index contributed by atoms with van der Waals surface area (Å²) in [4.78, 5) is 16.1. The van der Waals surface area contributed by atoms with Gasteiger partial charge in [-0.25, -0.2) is 0 Å². The molecule has 0 spiro atoms. The third-order valence-corrected chi connectivity index (χ3v) is 4.45. The van der Waals surface area contributed by atoms with Gasteiger partial charge in [-0.3, -0.25) is 9.79 Å². The van der Waals surface area contributed by atoms with Crippen LogP contribution in [0.5, 0.6) is 0 Å². The van der Waals surface area contributed by atoms with Gasteiger partial charge >= 0.3 is 0 Å². The fourth-order valence-corrected chi connectivity index (χ4v) is 2.76. The molecule has 0 radical (unpaired) electrons. The van der Waals surface area contributed by atoms with Crippen molar-refractivity contribution in [3.63, 3.8) is 0 Å². The van der Waals surface area contributed by atoms with Gasteiger partial charge < -0.3 is 20.7 Å². The lowest BCUT2D eigenvalue weighted by atomic mass is 10.1. The van der Waals surface area contributed by atoms with Gasteiger partial charge in [-0.2, -0.15) is 0 Å². The summed E-state index contributed by atoms with van der Waals surface area (Å²) in [6, 6.07) is 20.1. The van der Waals surface area contributed by atoms with Crippen molar-refractivity contribution in [2.24, 2.45) is 4.99 Å². The third-order valence-electron chi connectivity index (χ3n) is 4.45. The van der Waals surface area contributed by atoms with Crippen LogP contribution in [0.1, 0.15) is 37.0 Å². The number of rotatable bonds is 11. The average molecular weight is 397 g/mol. The lowest BCUT2D eigenvalue weighted by Crippen LogP contribution is -2.39. The summed E-state index contributed by atoms with van der Waals surface area (Å²) >= 11 is 0. The number of aliphatic imine (C=N–C) groups is 1. The van der Waals surface area contributed by atoms with E-state index in [4.69, 9.17) is 4.74 Å². The standard InChI is InChI=1S/C23H32N4O2/c1-19(21-12-7-4-8-13-21)29-17-9-15-25-23(24-2)26-16-14-22(28)27-18-20-10-5-3-6-11-20/h3-8,10-13,19H,9,14-18H2,1-2H3,(H,27,28)(H2,24,25,26). The van der Waals surface area contributed by atoms with E-state index >= 15 is 0 Å². The number of nitrogens with one attached hydrogen (secondary N) is 3. The van der Waals surface area contributed by atoms with Crippen molar-refractivity contribution in [1.82, 2.24) is 16.0 Å². The van der Waals surface area contributed by atoms with E-state index in [9.17, 15) is 4.79 Å². The van der Waals surface area contributed by atoms with Gasteiger partial charge in [0, 0.05) is 39.7 Å². The summed E-state index contributed by atoms with van der Waals surface area (Å²) in [5.41, 5.74) is 2.28. The number of hydrogen-bond acceptors (Lipinski definition) is 3. The van der Waals surface area contributed by atoms with E-state index in [0.29, 0.717) is 32.1 Å². The molecule has 0 bridgehead atoms. The molecule has 0 fully saturated rings. The van der Waals surface area contributed by atoms with Crippen LogP contribution in [0.25, 0.3) is 0 Å². The first-order chi connectivity index (χ1) is 14.2. The highest BCUT2D eigenvalue weighted by Gasteiger charge is 2.05. The Bertz CT molecular complexity index is 735. The molecule has 0 aliphatic rings. The molecule has 0 aromatic heterocycles. The monoisotopic (exact) mass is 396 g/mol. The molecule has 1 amide bonds. The number of hydrogen-bond donors (Lipinski definition) is 3. The summed E-state index contributed by atoms with van der Waals surface area (Å²) in [6.07, 6.45) is 1.35. The highest BCUT2D eigenvalue weighted by atomic mass is 16.5. The maximum Gasteiger partial charge on any atom is 0.222 e. The van der Waals surface area contributed by atoms with Gasteiger partial charge in [0.2, 0.25) is 5.91 Å². The van der Waals surface area contributed by atoms with Crippen LogP contribution in [0, 0.1) is 0 Å². The number of carbonyl (C=O) groups is 1. The Morgan fingerprint density at radius 2 is 1.62 bits per heavy atom. The Balaban J connectivity index is 1.53. The topological polar surface area (TPSA) is 74.8 Å². The van der Waals surface area contributed by atoms with Crippen LogP contribution in [-0.2, 0) is 16.1 Å². The van der Waals surface area contributed by atoms with E-state index in [1.54, 1.807) is 7.05 Å². The fourth-order valence-electron chi connectivity index (χ4n) is 2.76. The zero-order valence-corrected chi connectivity index (χ0v) is 17.4. The Labute approximate surface area is 173 Å². The summed E-state index contributed by atoms with van der Waals surface area (Å²) in [6.45, 7) is 4.56. The predicted molar refractivity (Wildman–Crippen MR) is 118 cm³/mol. The number of ether oxygens (including phenoxy) is 1. The normalized spacial score (nSPS) is 12.3. The van der Waals surface area contributed by atoms with Crippen molar-refractivity contribution in [2.45, 2.75) is 32.4 Å². The molecule has 6 heteroatoms. The highest BCUT2D eigenvalue weighted by Crippen LogP contribution is 2.15. The first-order valence-electron chi connectivity index (χ1n) is 10.1. The Morgan fingerprint density at radius 1 is 0.966 bits per heavy atom. The minimum absolute atomic E-state index is 0.0140. The van der Waals surface area contributed by atoms with E-state index in [1.807, 2.05) is 48.5 Å². The first kappa shape index (κ1) is 22.4. The molecule has 0 aliphatic carbocycles. The van der Waals surface area contributed by atoms with Crippen molar-refractivity contribution in [3.05, 3.63) is 71.8 Å². The average Bonchev–Trinajstić information content (AvgIpc) is 2.77. The van der Waals surface area contributed by atoms with Crippen LogP contribution in [0.15, 0.2) is 65.7 Å². The van der Waals surface area contributed by atoms with Crippen LogP contribution in [0.3, 0.4) is 0 Å². The SMILES string of the molecule is CN=C(NCCCOC(C)c1ccccc1)NCCC(=O)NCc1ccccc1. The Morgan fingerprint density at radius 3 is 2.31 bits per heavy atom. The molecule has 29 heavy (non-hydrogen) atoms. The van der Waals surface area contributed by atoms with Crippen LogP contribution in [0.2, 0.25) is 0 Å². The van der Waals surface area contributed by atoms with E-state index in [1.165, 1.54) is 5.56 Å². The van der Waals surface area contributed by atoms with Gasteiger partial charge in [0.15, 0.2) is 5.96 Å². The summed E-state index contributed by atoms with van der Waals surface area (Å²) < 4.78 is 5.87. The van der Waals surface area contributed by atoms with Gasteiger partial charge in [-0.15, -0.1) is 0 Å². The number of carbonyl (C=O) groups excluding carboxylic acids is 1. The second-order valence-corrected chi connectivity index (χ2v) is 6.72. The number of benzene rings is 2. The predicted octanol–water partition coefficient (Wildman–Crippen LogP) is 3.03. The van der Waals surface area contributed by atoms with E-state index in [0.717, 1.165) is 18.5 Å². The molecule has 3 N–H and O–H groups in total. The number of guanidine groups is 1. The van der Waals surface area contributed by atoms with Crippen LogP contribution in [-0.4, -0.2) is 38.6 Å². The molecule has 6 nitrogen and oxygen atoms in total. The molecule has 156 valence electrons. The molecular weight excluding hydrogens is 364 g/mol. The smallest absolute Gasteiger partial charge is 0.222 e. The van der Waals surface area contributed by atoms with Crippen LogP contribution < -0.4 is 16.0 Å². The molecular formula is C23H32N4O2. The molecule has 2 aromatic rings. The first-order valence-corrected chi connectivity index (χ1v) is 10.1. The maximum absolute atomic E-state index is 11.9. The minimum atomic E-state index is 0.0140. The lowest BCUT2D eigenvalue weighted by molar-refractivity contribution is -0.121. The van der Waals surface area contributed by atoms with Gasteiger partial charge in [0.25, 0.3) is 0 Å². The second-order valence-electron chi connectivity index (χ2n) is 6.72. The summed E-state index contributed by atoms with van der Waals surface area (Å²) in [5, 5.41) is 9.32. The van der Waals surface area contributed by atoms with Crippen molar-refractivity contribution in [1.29, 1.82) is 0 Å². The third kappa shape index (κ3) is 9.25. The molecule has 2 rings (SSSR count). The van der Waals surface area contributed by atoms with E-state index < -0.39 is 0 Å². The summed E-state index contributed by atoms with van der Waals surface area (Å²) in [7, 11) is 1.72. The van der Waals surface area contributed by atoms with Crippen molar-refractivity contribution in [3.8, 4) is 0 Å². The number of amides is 1. The molecule has 1 atom stereocenters. The zero-order chi connectivity index (χ0) is 20.7.